The fourth-order valence-corrected chi connectivity index (χ4v) is 8.30. The van der Waals surface area contributed by atoms with E-state index in [2.05, 4.69) is 21.9 Å². The second-order valence-corrected chi connectivity index (χ2v) is 15.0. The average molecular weight is 631 g/mol. The van der Waals surface area contributed by atoms with Gasteiger partial charge in [0.15, 0.2) is 0 Å². The zero-order chi connectivity index (χ0) is 31.4. The molecule has 4 unspecified atom stereocenters. The number of aromatic nitrogens is 1. The van der Waals surface area contributed by atoms with Crippen LogP contribution >= 0.6 is 0 Å². The average Bonchev–Trinajstić information content (AvgIpc) is 3.99. The van der Waals surface area contributed by atoms with Gasteiger partial charge in [-0.3, -0.25) is 14.3 Å². The lowest BCUT2D eigenvalue weighted by Crippen LogP contribution is -2.56. The van der Waals surface area contributed by atoms with Crippen LogP contribution in [0.3, 0.4) is 0 Å². The number of nitrogens with one attached hydrogen (secondary N) is 3. The Bertz CT molecular complexity index is 1770. The fraction of sp³-hybridized carbons (Fsp3) is 0.441. The van der Waals surface area contributed by atoms with E-state index < -0.39 is 32.3 Å². The third kappa shape index (κ3) is 5.68. The van der Waals surface area contributed by atoms with Crippen molar-refractivity contribution in [1.29, 1.82) is 0 Å². The third-order valence-corrected chi connectivity index (χ3v) is 11.9. The quantitative estimate of drug-likeness (QED) is 0.257. The summed E-state index contributed by atoms with van der Waals surface area (Å²) in [6, 6.07) is 16.8. The first kappa shape index (κ1) is 29.7. The number of hydrogen-bond donors (Lipinski definition) is 3. The molecule has 4 atom stereocenters. The van der Waals surface area contributed by atoms with E-state index in [1.165, 1.54) is 0 Å². The normalized spacial score (nSPS) is 26.6. The van der Waals surface area contributed by atoms with Crippen LogP contribution in [0.1, 0.15) is 44.9 Å². The third-order valence-electron chi connectivity index (χ3n) is 9.76. The van der Waals surface area contributed by atoms with Crippen molar-refractivity contribution in [3.05, 3.63) is 67.3 Å². The van der Waals surface area contributed by atoms with Gasteiger partial charge in [-0.1, -0.05) is 49.2 Å². The Morgan fingerprint density at radius 2 is 1.91 bits per heavy atom. The first-order valence-corrected chi connectivity index (χ1v) is 17.1. The van der Waals surface area contributed by atoms with Crippen LogP contribution in [0.5, 0.6) is 11.5 Å². The zero-order valence-electron chi connectivity index (χ0n) is 25.3. The summed E-state index contributed by atoms with van der Waals surface area (Å²) in [4.78, 5) is 31.8. The van der Waals surface area contributed by atoms with Crippen LogP contribution in [-0.4, -0.2) is 61.3 Å². The molecule has 0 radical (unpaired) electrons. The number of ether oxygens (including phenoxy) is 2. The number of benzene rings is 2. The summed E-state index contributed by atoms with van der Waals surface area (Å²) in [7, 11) is -2.25. The van der Waals surface area contributed by atoms with E-state index in [1.807, 2.05) is 54.6 Å². The number of carbonyl (C=O) groups is 2. The van der Waals surface area contributed by atoms with Crippen LogP contribution in [0.2, 0.25) is 0 Å². The number of fused-ring (bicyclic) bond motifs is 1. The van der Waals surface area contributed by atoms with Gasteiger partial charge in [-0.15, -0.1) is 6.58 Å². The molecule has 0 bridgehead atoms. The zero-order valence-corrected chi connectivity index (χ0v) is 26.1. The first-order valence-electron chi connectivity index (χ1n) is 15.6. The highest BCUT2D eigenvalue weighted by molar-refractivity contribution is 7.91. The molecule has 3 saturated carbocycles. The number of sulfonamides is 1. The summed E-state index contributed by atoms with van der Waals surface area (Å²) in [5.74, 6) is 0.359. The van der Waals surface area contributed by atoms with Crippen molar-refractivity contribution in [1.82, 2.24) is 20.3 Å². The molecule has 7 rings (SSSR count). The number of nitrogens with zero attached hydrogens (tertiary/aromatic N) is 1. The Hall–Kier alpha value is -3.96. The summed E-state index contributed by atoms with van der Waals surface area (Å²) in [5, 5.41) is 6.93. The molecule has 1 aromatic heterocycles. The van der Waals surface area contributed by atoms with E-state index in [1.54, 1.807) is 13.2 Å². The summed E-state index contributed by atoms with van der Waals surface area (Å²) < 4.78 is 39.9. The molecule has 3 N–H and O–H groups in total. The molecule has 3 aliphatic carbocycles. The van der Waals surface area contributed by atoms with Crippen molar-refractivity contribution in [3.63, 3.8) is 0 Å². The van der Waals surface area contributed by atoms with Gasteiger partial charge in [-0.2, -0.15) is 0 Å². The van der Waals surface area contributed by atoms with Crippen LogP contribution in [-0.2, 0) is 19.6 Å². The monoisotopic (exact) mass is 630 g/mol. The van der Waals surface area contributed by atoms with Crippen molar-refractivity contribution >= 4 is 32.7 Å². The van der Waals surface area contributed by atoms with Crippen molar-refractivity contribution in [2.45, 2.75) is 67.4 Å². The predicted molar refractivity (Wildman–Crippen MR) is 170 cm³/mol. The van der Waals surface area contributed by atoms with Gasteiger partial charge in [0.2, 0.25) is 15.9 Å². The van der Waals surface area contributed by atoms with Crippen LogP contribution in [0.25, 0.3) is 22.2 Å². The maximum atomic E-state index is 13.5. The van der Waals surface area contributed by atoms with Crippen molar-refractivity contribution in [3.8, 4) is 22.8 Å². The predicted octanol–water partition coefficient (Wildman–Crippen LogP) is 3.86. The van der Waals surface area contributed by atoms with Crippen molar-refractivity contribution in [2.24, 2.45) is 11.8 Å². The molecular formula is C34H38N4O6S. The Labute approximate surface area is 263 Å². The lowest BCUT2D eigenvalue weighted by Gasteiger charge is -2.23. The molecule has 236 valence electrons. The smallest absolute Gasteiger partial charge is 0.259 e. The van der Waals surface area contributed by atoms with Crippen LogP contribution in [0.15, 0.2) is 67.3 Å². The Morgan fingerprint density at radius 1 is 1.13 bits per heavy atom. The molecule has 2 aromatic carbocycles. The van der Waals surface area contributed by atoms with E-state index in [0.717, 1.165) is 35.0 Å². The molecule has 10 nitrogen and oxygen atoms in total. The Balaban J connectivity index is 1.05. The molecule has 4 aliphatic rings. The van der Waals surface area contributed by atoms with Gasteiger partial charge in [-0.05, 0) is 43.7 Å². The van der Waals surface area contributed by atoms with E-state index in [9.17, 15) is 18.0 Å². The van der Waals surface area contributed by atoms with Gasteiger partial charge in [-0.25, -0.2) is 13.4 Å². The van der Waals surface area contributed by atoms with Gasteiger partial charge >= 0.3 is 0 Å². The SMILES string of the molecule is C=CC1CC1(NC(=O)C1CC(Oc2cc(-c3ccccc3)nc3cc(OC)ccc23)CN1)C(=O)NS(=O)(=O)C1(CC2CC2)CC1. The van der Waals surface area contributed by atoms with Gasteiger partial charge < -0.3 is 20.1 Å². The molecule has 2 amide bonds. The van der Waals surface area contributed by atoms with E-state index in [-0.39, 0.29) is 17.9 Å². The maximum absolute atomic E-state index is 13.5. The van der Waals surface area contributed by atoms with Crippen LogP contribution in [0, 0.1) is 11.8 Å². The number of rotatable bonds is 12. The largest absolute Gasteiger partial charge is 0.497 e. The molecule has 2 heterocycles. The lowest BCUT2D eigenvalue weighted by molar-refractivity contribution is -0.130. The molecule has 1 saturated heterocycles. The minimum Gasteiger partial charge on any atom is -0.497 e. The highest BCUT2D eigenvalue weighted by atomic mass is 32.2. The Morgan fingerprint density at radius 3 is 2.58 bits per heavy atom. The van der Waals surface area contributed by atoms with Crippen molar-refractivity contribution < 1.29 is 27.5 Å². The summed E-state index contributed by atoms with van der Waals surface area (Å²) in [6.07, 6.45) is 5.77. The van der Waals surface area contributed by atoms with Gasteiger partial charge in [0.05, 0.1) is 29.1 Å². The second kappa shape index (κ2) is 11.1. The lowest BCUT2D eigenvalue weighted by atomic mass is 10.1. The number of methoxy groups -OCH3 is 1. The number of pyridine rings is 1. The van der Waals surface area contributed by atoms with Crippen LogP contribution < -0.4 is 24.8 Å². The summed E-state index contributed by atoms with van der Waals surface area (Å²) >= 11 is 0. The van der Waals surface area contributed by atoms with Crippen molar-refractivity contribution in [2.75, 3.05) is 13.7 Å². The Kier molecular flexibility index (Phi) is 7.36. The topological polar surface area (TPSA) is 136 Å². The van der Waals surface area contributed by atoms with Gasteiger partial charge in [0.25, 0.3) is 5.91 Å². The first-order chi connectivity index (χ1) is 21.6. The standard InChI is InChI=1S/C34H38N4O6S/c1-3-23-19-34(23,32(40)38-45(41,42)33(13-14-33)18-21-9-10-21)37-31(39)29-16-25(20-35-29)44-30-17-27(22-7-5-4-6-8-22)36-28-15-24(43-2)11-12-26(28)30/h3-8,11-12,15,17,21,23,25,29,35H,1,9-10,13-14,16,18-20H2,2H3,(H,37,39)(H,38,40). The molecule has 0 spiro atoms. The molecule has 4 fully saturated rings. The number of hydrogen-bond acceptors (Lipinski definition) is 8. The summed E-state index contributed by atoms with van der Waals surface area (Å²) in [5.41, 5.74) is 1.10. The molecule has 3 aromatic rings. The molecular weight excluding hydrogens is 592 g/mol. The molecule has 1 aliphatic heterocycles. The maximum Gasteiger partial charge on any atom is 0.259 e. The highest BCUT2D eigenvalue weighted by Gasteiger charge is 2.63. The number of amides is 2. The van der Waals surface area contributed by atoms with E-state index >= 15 is 0 Å². The van der Waals surface area contributed by atoms with E-state index in [4.69, 9.17) is 14.5 Å². The van der Waals surface area contributed by atoms with Gasteiger partial charge in [0.1, 0.15) is 23.1 Å². The highest BCUT2D eigenvalue weighted by Crippen LogP contribution is 2.53. The summed E-state index contributed by atoms with van der Waals surface area (Å²) in [6.45, 7) is 4.22. The minimum atomic E-state index is -3.86. The number of carbonyl (C=O) groups excluding carboxylic acids is 2. The minimum absolute atomic E-state index is 0.306. The molecule has 45 heavy (non-hydrogen) atoms. The van der Waals surface area contributed by atoms with E-state index in [0.29, 0.717) is 56.1 Å². The second-order valence-electron chi connectivity index (χ2n) is 13.0. The molecule has 11 heteroatoms. The van der Waals surface area contributed by atoms with Crippen LogP contribution in [0.4, 0.5) is 0 Å². The van der Waals surface area contributed by atoms with Gasteiger partial charge in [0, 0.05) is 42.0 Å². The fourth-order valence-electron chi connectivity index (χ4n) is 6.56.